The van der Waals surface area contributed by atoms with Gasteiger partial charge in [-0.2, -0.15) is 0 Å². The molecule has 0 spiro atoms. The van der Waals surface area contributed by atoms with Crippen LogP contribution in [0.3, 0.4) is 0 Å². The molecule has 5 rings (SSSR count). The van der Waals surface area contributed by atoms with E-state index in [0.29, 0.717) is 6.42 Å². The first-order valence-corrected chi connectivity index (χ1v) is 9.78. The summed E-state index contributed by atoms with van der Waals surface area (Å²) in [7, 11) is 0. The van der Waals surface area contributed by atoms with Crippen molar-refractivity contribution in [2.75, 3.05) is 11.4 Å². The third-order valence-electron chi connectivity index (χ3n) is 5.57. The van der Waals surface area contributed by atoms with Crippen LogP contribution in [0, 0.1) is 5.82 Å². The summed E-state index contributed by atoms with van der Waals surface area (Å²) in [5.41, 5.74) is 5.46. The number of halogens is 1. The van der Waals surface area contributed by atoms with E-state index in [2.05, 4.69) is 37.9 Å². The van der Waals surface area contributed by atoms with Gasteiger partial charge < -0.3 is 14.6 Å². The fourth-order valence-corrected chi connectivity index (χ4v) is 4.24. The number of carboxylic acid groups (broad SMARTS) is 1. The van der Waals surface area contributed by atoms with Crippen molar-refractivity contribution < 1.29 is 14.3 Å². The van der Waals surface area contributed by atoms with E-state index in [4.69, 9.17) is 9.90 Å². The second kappa shape index (κ2) is 8.43. The second-order valence-electron chi connectivity index (χ2n) is 7.28. The van der Waals surface area contributed by atoms with Crippen LogP contribution in [0.5, 0.6) is 0 Å². The van der Waals surface area contributed by atoms with Crippen molar-refractivity contribution in [1.29, 1.82) is 0 Å². The molecule has 0 unspecified atom stereocenters. The minimum absolute atomic E-state index is 0.206. The zero-order chi connectivity index (χ0) is 20.2. The van der Waals surface area contributed by atoms with Gasteiger partial charge >= 0.3 is 0 Å². The summed E-state index contributed by atoms with van der Waals surface area (Å²) < 4.78 is 15.3. The number of fused-ring (bicyclic) bond motifs is 2. The fourth-order valence-electron chi connectivity index (χ4n) is 4.24. The first-order chi connectivity index (χ1) is 14.2. The quantitative estimate of drug-likeness (QED) is 0.691. The van der Waals surface area contributed by atoms with Gasteiger partial charge in [-0.3, -0.25) is 4.79 Å². The van der Waals surface area contributed by atoms with Gasteiger partial charge in [0.15, 0.2) is 5.82 Å². The van der Waals surface area contributed by atoms with Crippen LogP contribution in [0.15, 0.2) is 42.5 Å². The van der Waals surface area contributed by atoms with E-state index in [1.54, 1.807) is 0 Å². The Morgan fingerprint density at radius 1 is 1.07 bits per heavy atom. The number of aromatic nitrogens is 3. The molecule has 0 radical (unpaired) electrons. The minimum atomic E-state index is -0.250. The SMILES string of the molecule is Fc1ccc(Cc2nnc3n2CCN(c2cccc4c2CCC4)C3)cc1.O=CO. The van der Waals surface area contributed by atoms with Crippen molar-refractivity contribution in [2.45, 2.75) is 38.8 Å². The Balaban J connectivity index is 0.000000645. The summed E-state index contributed by atoms with van der Waals surface area (Å²) in [6.45, 7) is 2.41. The zero-order valence-corrected chi connectivity index (χ0v) is 16.1. The highest BCUT2D eigenvalue weighted by Gasteiger charge is 2.24. The summed E-state index contributed by atoms with van der Waals surface area (Å²) >= 11 is 0. The maximum atomic E-state index is 13.1. The Morgan fingerprint density at radius 2 is 1.86 bits per heavy atom. The fraction of sp³-hybridized carbons (Fsp3) is 0.318. The Bertz CT molecular complexity index is 1000. The maximum Gasteiger partial charge on any atom is 0.290 e. The average molecular weight is 394 g/mol. The molecule has 1 aromatic heterocycles. The summed E-state index contributed by atoms with van der Waals surface area (Å²) in [4.78, 5) is 10.8. The molecule has 29 heavy (non-hydrogen) atoms. The molecular formula is C22H23FN4O2. The zero-order valence-electron chi connectivity index (χ0n) is 16.1. The molecule has 0 bridgehead atoms. The molecule has 1 N–H and O–H groups in total. The summed E-state index contributed by atoms with van der Waals surface area (Å²) in [5, 5.41) is 15.7. The van der Waals surface area contributed by atoms with Crippen LogP contribution in [0.2, 0.25) is 0 Å². The number of anilines is 1. The molecular weight excluding hydrogens is 371 g/mol. The van der Waals surface area contributed by atoms with Crippen molar-refractivity contribution in [1.82, 2.24) is 14.8 Å². The molecule has 0 fully saturated rings. The lowest BCUT2D eigenvalue weighted by Gasteiger charge is -2.31. The first kappa shape index (κ1) is 19.1. The molecule has 0 amide bonds. The Labute approximate surface area is 168 Å². The molecule has 7 heteroatoms. The number of aryl methyl sites for hydroxylation is 1. The van der Waals surface area contributed by atoms with Crippen LogP contribution < -0.4 is 4.90 Å². The van der Waals surface area contributed by atoms with Gasteiger partial charge in [0.05, 0.1) is 6.54 Å². The van der Waals surface area contributed by atoms with Crippen molar-refractivity contribution in [3.63, 3.8) is 0 Å². The third kappa shape index (κ3) is 3.99. The highest BCUT2D eigenvalue weighted by atomic mass is 19.1. The molecule has 1 aliphatic carbocycles. The minimum Gasteiger partial charge on any atom is -0.483 e. The van der Waals surface area contributed by atoms with E-state index in [9.17, 15) is 4.39 Å². The maximum absolute atomic E-state index is 13.1. The summed E-state index contributed by atoms with van der Waals surface area (Å²) in [6.07, 6.45) is 4.34. The molecule has 3 aromatic rings. The van der Waals surface area contributed by atoms with Gasteiger partial charge in [-0.25, -0.2) is 4.39 Å². The van der Waals surface area contributed by atoms with Crippen LogP contribution in [0.25, 0.3) is 0 Å². The van der Waals surface area contributed by atoms with Gasteiger partial charge in [0.2, 0.25) is 0 Å². The monoisotopic (exact) mass is 394 g/mol. The average Bonchev–Trinajstić information content (AvgIpc) is 3.37. The molecule has 0 atom stereocenters. The summed E-state index contributed by atoms with van der Waals surface area (Å²) in [6, 6.07) is 13.3. The highest BCUT2D eigenvalue weighted by Crippen LogP contribution is 2.33. The van der Waals surface area contributed by atoms with Crippen LogP contribution >= 0.6 is 0 Å². The normalized spacial score (nSPS) is 14.6. The van der Waals surface area contributed by atoms with Gasteiger partial charge in [-0.15, -0.1) is 10.2 Å². The highest BCUT2D eigenvalue weighted by molar-refractivity contribution is 5.58. The number of rotatable bonds is 3. The van der Waals surface area contributed by atoms with E-state index in [-0.39, 0.29) is 12.3 Å². The van der Waals surface area contributed by atoms with Gasteiger partial charge in [0, 0.05) is 25.2 Å². The lowest BCUT2D eigenvalue weighted by Crippen LogP contribution is -2.35. The number of nitrogens with zero attached hydrogens (tertiary/aromatic N) is 4. The number of carbonyl (C=O) groups is 1. The van der Waals surface area contributed by atoms with Crippen molar-refractivity contribution in [3.8, 4) is 0 Å². The smallest absolute Gasteiger partial charge is 0.290 e. The lowest BCUT2D eigenvalue weighted by atomic mass is 10.1. The molecule has 2 heterocycles. The summed E-state index contributed by atoms with van der Waals surface area (Å²) in [5.74, 6) is 1.77. The Kier molecular flexibility index (Phi) is 5.55. The molecule has 6 nitrogen and oxygen atoms in total. The number of hydrogen-bond donors (Lipinski definition) is 1. The molecule has 2 aromatic carbocycles. The van der Waals surface area contributed by atoms with Crippen LogP contribution in [-0.2, 0) is 37.1 Å². The Hall–Kier alpha value is -3.22. The van der Waals surface area contributed by atoms with E-state index in [1.807, 2.05) is 12.1 Å². The van der Waals surface area contributed by atoms with E-state index >= 15 is 0 Å². The van der Waals surface area contributed by atoms with E-state index < -0.39 is 0 Å². The van der Waals surface area contributed by atoms with E-state index in [1.165, 1.54) is 48.2 Å². The number of hydrogen-bond acceptors (Lipinski definition) is 4. The molecule has 150 valence electrons. The van der Waals surface area contributed by atoms with Crippen molar-refractivity contribution in [2.24, 2.45) is 0 Å². The van der Waals surface area contributed by atoms with Crippen LogP contribution in [0.4, 0.5) is 10.1 Å². The molecule has 1 aliphatic heterocycles. The predicted octanol–water partition coefficient (Wildman–Crippen LogP) is 3.22. The second-order valence-corrected chi connectivity index (χ2v) is 7.28. The van der Waals surface area contributed by atoms with Crippen LogP contribution in [-0.4, -0.2) is 32.9 Å². The molecule has 2 aliphatic rings. The van der Waals surface area contributed by atoms with Crippen molar-refractivity contribution in [3.05, 3.63) is 76.6 Å². The largest absolute Gasteiger partial charge is 0.483 e. The van der Waals surface area contributed by atoms with Crippen molar-refractivity contribution >= 4 is 12.2 Å². The topological polar surface area (TPSA) is 71.2 Å². The first-order valence-electron chi connectivity index (χ1n) is 9.78. The molecule has 0 saturated heterocycles. The van der Waals surface area contributed by atoms with Gasteiger partial charge in [0.25, 0.3) is 6.47 Å². The Morgan fingerprint density at radius 3 is 2.66 bits per heavy atom. The van der Waals surface area contributed by atoms with Gasteiger partial charge in [0.1, 0.15) is 11.6 Å². The lowest BCUT2D eigenvalue weighted by molar-refractivity contribution is -0.122. The number of benzene rings is 2. The van der Waals surface area contributed by atoms with Gasteiger partial charge in [-0.1, -0.05) is 24.3 Å². The van der Waals surface area contributed by atoms with Gasteiger partial charge in [-0.05, 0) is 54.2 Å². The van der Waals surface area contributed by atoms with Crippen LogP contribution in [0.1, 0.15) is 34.8 Å². The standard InChI is InChI=1S/C21H21FN4.CH2O2/c22-17-9-7-15(8-10-17)13-20-23-24-21-14-25(11-12-26(20)21)19-6-2-4-16-3-1-5-18(16)19;2-1-3/h2,4,6-10H,1,3,5,11-14H2;1H,(H,2,3). The predicted molar refractivity (Wildman–Crippen MR) is 107 cm³/mol. The van der Waals surface area contributed by atoms with E-state index in [0.717, 1.165) is 36.8 Å². The molecule has 0 saturated carbocycles. The third-order valence-corrected chi connectivity index (χ3v) is 5.57.